The topological polar surface area (TPSA) is 167 Å². The fourth-order valence-corrected chi connectivity index (χ4v) is 14.3. The summed E-state index contributed by atoms with van der Waals surface area (Å²) in [5.74, 6) is 0.713. The summed E-state index contributed by atoms with van der Waals surface area (Å²) in [6.45, 7) is 14.5. The van der Waals surface area contributed by atoms with Crippen molar-refractivity contribution in [2.24, 2.45) is 28.6 Å². The smallest absolute Gasteiger partial charge is 0.172 e. The Hall–Kier alpha value is -0.930. The average molecular weight is 925 g/mol. The second-order valence-electron chi connectivity index (χ2n) is 21.6. The van der Waals surface area contributed by atoms with Crippen LogP contribution in [0.1, 0.15) is 126 Å². The van der Waals surface area contributed by atoms with Gasteiger partial charge in [0.2, 0.25) is 0 Å². The van der Waals surface area contributed by atoms with Crippen LogP contribution in [0.25, 0.3) is 0 Å². The molecule has 6 aliphatic heterocycles. The van der Waals surface area contributed by atoms with E-state index in [9.17, 15) is 9.90 Å². The number of hydrogen-bond acceptors (Lipinski definition) is 16. The molecule has 0 aromatic rings. The molecule has 2 bridgehead atoms. The zero-order valence-corrected chi connectivity index (χ0v) is 40.8. The third-order valence-corrected chi connectivity index (χ3v) is 18.1. The Morgan fingerprint density at radius 2 is 1.05 bits per heavy atom. The van der Waals surface area contributed by atoms with E-state index in [-0.39, 0.29) is 72.2 Å². The molecule has 6 heterocycles. The lowest BCUT2D eigenvalue weighted by Gasteiger charge is -2.57. The van der Waals surface area contributed by atoms with Crippen molar-refractivity contribution in [2.45, 2.75) is 248 Å². The highest BCUT2D eigenvalue weighted by atomic mass is 16.8. The van der Waals surface area contributed by atoms with Gasteiger partial charge < -0.3 is 71.4 Å². The van der Waals surface area contributed by atoms with Gasteiger partial charge in [-0.2, -0.15) is 0 Å². The highest BCUT2D eigenvalue weighted by Gasteiger charge is 2.70. The molecule has 0 amide bonds. The zero-order valence-electron chi connectivity index (χ0n) is 40.8. The van der Waals surface area contributed by atoms with Crippen molar-refractivity contribution in [3.63, 3.8) is 0 Å². The molecular formula is C49H80O16. The van der Waals surface area contributed by atoms with E-state index in [0.717, 1.165) is 44.9 Å². The lowest BCUT2D eigenvalue weighted by atomic mass is 9.52. The van der Waals surface area contributed by atoms with E-state index >= 15 is 0 Å². The SMILES string of the molecule is CO[C@H]1C[C@H](O[C@@H]2[C@@H](C)O[C@@H](O[C@@H]3[C@@H](C)O[C@@H](O[C@@H]4[C@@H](C)O[C@@H](O[C@H]5CC[C@@]6(C)[C@@H](CC[C@@]78O[C@@H](C)[C@@H]9CCC(=O)[C@]9(C)[C@@H](C[C@@H]76)O8)C5)C[C@H]4OC)C[C@H]3OC)C[C@H]2OC)O[C@H](C)[C@H]1O. The molecule has 6 saturated heterocycles. The molecule has 3 saturated carbocycles. The Morgan fingerprint density at radius 1 is 0.554 bits per heavy atom. The summed E-state index contributed by atoms with van der Waals surface area (Å²) in [4.78, 5) is 13.4. The Morgan fingerprint density at radius 3 is 1.57 bits per heavy atom. The van der Waals surface area contributed by atoms with Crippen LogP contribution in [0.2, 0.25) is 0 Å². The van der Waals surface area contributed by atoms with Crippen LogP contribution < -0.4 is 0 Å². The number of ether oxygens (including phenoxy) is 14. The van der Waals surface area contributed by atoms with Crippen molar-refractivity contribution in [1.82, 2.24) is 0 Å². The first-order chi connectivity index (χ1) is 31.0. The summed E-state index contributed by atoms with van der Waals surface area (Å²) in [7, 11) is 6.63. The van der Waals surface area contributed by atoms with E-state index in [1.165, 1.54) is 0 Å². The molecule has 0 unspecified atom stereocenters. The maximum Gasteiger partial charge on any atom is 0.172 e. The lowest BCUT2D eigenvalue weighted by molar-refractivity contribution is -0.347. The van der Waals surface area contributed by atoms with Crippen molar-refractivity contribution < 1.29 is 76.2 Å². The third kappa shape index (κ3) is 8.96. The quantitative estimate of drug-likeness (QED) is 0.241. The number of methoxy groups -OCH3 is 4. The van der Waals surface area contributed by atoms with Gasteiger partial charge in [-0.3, -0.25) is 4.79 Å². The van der Waals surface area contributed by atoms with Crippen LogP contribution in [0.4, 0.5) is 0 Å². The van der Waals surface area contributed by atoms with Gasteiger partial charge >= 0.3 is 0 Å². The van der Waals surface area contributed by atoms with Crippen LogP contribution in [-0.4, -0.2) is 162 Å². The van der Waals surface area contributed by atoms with Crippen molar-refractivity contribution >= 4 is 5.78 Å². The van der Waals surface area contributed by atoms with Crippen molar-refractivity contribution in [3.8, 4) is 0 Å². The van der Waals surface area contributed by atoms with Crippen LogP contribution in [0.3, 0.4) is 0 Å². The summed E-state index contributed by atoms with van der Waals surface area (Å²) in [6, 6.07) is 0. The molecule has 0 aromatic carbocycles. The van der Waals surface area contributed by atoms with Gasteiger partial charge in [-0.05, 0) is 91.4 Å². The van der Waals surface area contributed by atoms with E-state index in [0.29, 0.717) is 43.8 Å². The maximum absolute atomic E-state index is 13.4. The molecule has 25 atom stereocenters. The average Bonchev–Trinajstić information content (AvgIpc) is 3.80. The monoisotopic (exact) mass is 925 g/mol. The number of rotatable bonds is 12. The van der Waals surface area contributed by atoms with Gasteiger partial charge in [0, 0.05) is 78.8 Å². The number of fused-ring (bicyclic) bond motifs is 5. The predicted molar refractivity (Wildman–Crippen MR) is 231 cm³/mol. The minimum atomic E-state index is -0.730. The van der Waals surface area contributed by atoms with Crippen LogP contribution in [-0.2, 0) is 71.1 Å². The van der Waals surface area contributed by atoms with Crippen LogP contribution in [0, 0.1) is 28.6 Å². The molecule has 9 fully saturated rings. The summed E-state index contributed by atoms with van der Waals surface area (Å²) < 4.78 is 89.5. The molecule has 9 rings (SSSR count). The number of aliphatic hydroxyl groups excluding tert-OH is 1. The molecule has 9 aliphatic rings. The van der Waals surface area contributed by atoms with Crippen molar-refractivity contribution in [1.29, 1.82) is 0 Å². The van der Waals surface area contributed by atoms with Crippen molar-refractivity contribution in [2.75, 3.05) is 28.4 Å². The summed E-state index contributed by atoms with van der Waals surface area (Å²) in [6.07, 6.45) is 2.02. The second kappa shape index (κ2) is 19.3. The van der Waals surface area contributed by atoms with E-state index in [1.54, 1.807) is 28.4 Å². The largest absolute Gasteiger partial charge is 0.388 e. The van der Waals surface area contributed by atoms with E-state index < -0.39 is 73.0 Å². The van der Waals surface area contributed by atoms with Gasteiger partial charge in [-0.15, -0.1) is 0 Å². The second-order valence-corrected chi connectivity index (χ2v) is 21.6. The van der Waals surface area contributed by atoms with Gasteiger partial charge in [0.25, 0.3) is 0 Å². The van der Waals surface area contributed by atoms with Gasteiger partial charge in [0.05, 0.1) is 72.6 Å². The van der Waals surface area contributed by atoms with Gasteiger partial charge in [-0.25, -0.2) is 0 Å². The van der Waals surface area contributed by atoms with Gasteiger partial charge in [-0.1, -0.05) is 6.92 Å². The molecule has 65 heavy (non-hydrogen) atoms. The first-order valence-corrected chi connectivity index (χ1v) is 25.0. The normalized spacial score (nSPS) is 54.7. The van der Waals surface area contributed by atoms with Gasteiger partial charge in [0.15, 0.2) is 30.9 Å². The first kappa shape index (κ1) is 49.1. The molecule has 3 aliphatic carbocycles. The lowest BCUT2D eigenvalue weighted by Crippen LogP contribution is -2.58. The third-order valence-electron chi connectivity index (χ3n) is 18.1. The minimum Gasteiger partial charge on any atom is -0.388 e. The zero-order chi connectivity index (χ0) is 46.2. The summed E-state index contributed by atoms with van der Waals surface area (Å²) in [5.41, 5.74) is -0.414. The van der Waals surface area contributed by atoms with Crippen LogP contribution in [0.15, 0.2) is 0 Å². The number of carbonyl (C=O) groups excluding carboxylic acids is 1. The molecule has 0 radical (unpaired) electrons. The van der Waals surface area contributed by atoms with Crippen molar-refractivity contribution in [3.05, 3.63) is 0 Å². The molecule has 16 heteroatoms. The van der Waals surface area contributed by atoms with E-state index in [1.807, 2.05) is 27.7 Å². The van der Waals surface area contributed by atoms with E-state index in [4.69, 9.17) is 66.3 Å². The number of aliphatic hydroxyl groups is 1. The Labute approximate surface area is 386 Å². The Kier molecular flexibility index (Phi) is 14.6. The Bertz CT molecular complexity index is 1640. The maximum atomic E-state index is 13.4. The highest BCUT2D eigenvalue weighted by molar-refractivity contribution is 5.88. The molecule has 372 valence electrons. The number of carbonyl (C=O) groups is 1. The van der Waals surface area contributed by atoms with E-state index in [2.05, 4.69) is 20.8 Å². The van der Waals surface area contributed by atoms with Gasteiger partial charge in [0.1, 0.15) is 30.2 Å². The Balaban J connectivity index is 0.763. The highest BCUT2D eigenvalue weighted by Crippen LogP contribution is 2.67. The molecule has 1 spiro atoms. The van der Waals surface area contributed by atoms with Crippen LogP contribution >= 0.6 is 0 Å². The predicted octanol–water partition coefficient (Wildman–Crippen LogP) is 5.59. The summed E-state index contributed by atoms with van der Waals surface area (Å²) >= 11 is 0. The van der Waals surface area contributed by atoms with Crippen LogP contribution in [0.5, 0.6) is 0 Å². The molecular weight excluding hydrogens is 845 g/mol. The summed E-state index contributed by atoms with van der Waals surface area (Å²) in [5, 5.41) is 10.4. The number of ketones is 1. The first-order valence-electron chi connectivity index (χ1n) is 25.0. The molecule has 1 N–H and O–H groups in total. The number of Topliss-reactive ketones (excluding diaryl/α,β-unsaturated/α-hetero) is 1. The fourth-order valence-electron chi connectivity index (χ4n) is 14.3. The minimum absolute atomic E-state index is 0.00770. The standard InChI is InChI=1S/C49H80O16/c1-24-31-12-13-37(50)48(31,7)38-23-36-47(6)16-15-30(18-29(47)14-17-49(36,64-24)65-38)60-39-20-33(53-9)44(26(3)57-39)62-41-22-35(55-11)46(28(5)59-41)63-42-21-34(54-10)45(27(4)58-42)61-40-19-32(52-8)43(51)25(2)56-40/h24-36,38-46,51H,12-23H2,1-11H3/t24-,25+,26+,27+,28+,29-,30-,31-,32-,33+,34+,35+,36+,38+,39-,40-,41-,42-,43+,44+,45+,46+,47-,48+,49-/m0/s1. The molecule has 16 nitrogen and oxygen atoms in total. The number of hydrogen-bond donors (Lipinski definition) is 1. The fraction of sp³-hybridized carbons (Fsp3) is 0.980. The molecule has 0 aromatic heterocycles.